The van der Waals surface area contributed by atoms with Crippen LogP contribution in [0.25, 0.3) is 10.2 Å². The Bertz CT molecular complexity index is 681. The number of thiazole rings is 1. The molecular weight excluding hydrogens is 258 g/mol. The van der Waals surface area contributed by atoms with E-state index in [2.05, 4.69) is 15.3 Å². The Morgan fingerprint density at radius 2 is 2.05 bits per heavy atom. The first-order chi connectivity index (χ1) is 9.36. The van der Waals surface area contributed by atoms with Crippen molar-refractivity contribution in [2.24, 2.45) is 0 Å². The van der Waals surface area contributed by atoms with E-state index in [1.807, 2.05) is 30.3 Å². The van der Waals surface area contributed by atoms with Crippen LogP contribution in [0.1, 0.15) is 5.56 Å². The molecule has 0 saturated heterocycles. The molecule has 19 heavy (non-hydrogen) atoms. The molecule has 0 unspecified atom stereocenters. The number of nitrogens with zero attached hydrogens (tertiary/aromatic N) is 2. The Morgan fingerprint density at radius 3 is 2.84 bits per heavy atom. The summed E-state index contributed by atoms with van der Waals surface area (Å²) in [6.07, 6.45) is 3.58. The van der Waals surface area contributed by atoms with Crippen molar-refractivity contribution >= 4 is 26.7 Å². The summed E-state index contributed by atoms with van der Waals surface area (Å²) in [5, 5.41) is 4.23. The van der Waals surface area contributed by atoms with Gasteiger partial charge in [0, 0.05) is 18.9 Å². The lowest BCUT2D eigenvalue weighted by molar-refractivity contribution is 0.419. The molecule has 3 aromatic rings. The van der Waals surface area contributed by atoms with Gasteiger partial charge < -0.3 is 10.1 Å². The average Bonchev–Trinajstić information content (AvgIpc) is 2.89. The van der Waals surface area contributed by atoms with Crippen LogP contribution in [0.15, 0.2) is 42.7 Å². The lowest BCUT2D eigenvalue weighted by Crippen LogP contribution is -1.98. The largest absolute Gasteiger partial charge is 0.494 e. The minimum absolute atomic E-state index is 0.741. The number of para-hydroxylation sites is 1. The van der Waals surface area contributed by atoms with Gasteiger partial charge in [-0.05, 0) is 29.8 Å². The maximum Gasteiger partial charge on any atom is 0.184 e. The molecule has 0 amide bonds. The number of pyridine rings is 1. The third-order valence-electron chi connectivity index (χ3n) is 2.79. The van der Waals surface area contributed by atoms with Crippen molar-refractivity contribution < 1.29 is 4.74 Å². The van der Waals surface area contributed by atoms with Gasteiger partial charge in [-0.15, -0.1) is 0 Å². The summed E-state index contributed by atoms with van der Waals surface area (Å²) < 4.78 is 6.43. The molecule has 5 heteroatoms. The number of benzene rings is 1. The highest BCUT2D eigenvalue weighted by molar-refractivity contribution is 7.22. The Balaban J connectivity index is 1.82. The topological polar surface area (TPSA) is 47.0 Å². The molecule has 2 aromatic heterocycles. The molecule has 0 aliphatic carbocycles. The Labute approximate surface area is 115 Å². The third kappa shape index (κ3) is 2.51. The molecule has 4 nitrogen and oxygen atoms in total. The van der Waals surface area contributed by atoms with Gasteiger partial charge in [-0.2, -0.15) is 0 Å². The fourth-order valence-corrected chi connectivity index (χ4v) is 2.72. The summed E-state index contributed by atoms with van der Waals surface area (Å²) in [5.74, 6) is 0.811. The highest BCUT2D eigenvalue weighted by Crippen LogP contribution is 2.32. The molecule has 0 saturated carbocycles. The van der Waals surface area contributed by atoms with Crippen molar-refractivity contribution in [3.8, 4) is 5.75 Å². The summed E-state index contributed by atoms with van der Waals surface area (Å²) in [5.41, 5.74) is 2.09. The fourth-order valence-electron chi connectivity index (χ4n) is 1.84. The molecule has 96 valence electrons. The second kappa shape index (κ2) is 5.24. The van der Waals surface area contributed by atoms with E-state index >= 15 is 0 Å². The molecule has 0 bridgehead atoms. The van der Waals surface area contributed by atoms with Crippen molar-refractivity contribution in [1.82, 2.24) is 9.97 Å². The summed E-state index contributed by atoms with van der Waals surface area (Å²) >= 11 is 1.63. The van der Waals surface area contributed by atoms with Gasteiger partial charge >= 0.3 is 0 Å². The SMILES string of the molecule is COc1cccc2sc(NCc3ccncc3)nc12. The quantitative estimate of drug-likeness (QED) is 0.790. The number of fused-ring (bicyclic) bond motifs is 1. The van der Waals surface area contributed by atoms with Gasteiger partial charge in [0.1, 0.15) is 11.3 Å². The number of ether oxygens (including phenoxy) is 1. The molecule has 0 aliphatic rings. The highest BCUT2D eigenvalue weighted by Gasteiger charge is 2.07. The molecule has 0 radical (unpaired) electrons. The maximum atomic E-state index is 5.31. The molecule has 1 N–H and O–H groups in total. The van der Waals surface area contributed by atoms with Gasteiger partial charge in [-0.3, -0.25) is 4.98 Å². The van der Waals surface area contributed by atoms with Gasteiger partial charge in [0.25, 0.3) is 0 Å². The second-order valence-electron chi connectivity index (χ2n) is 4.04. The molecule has 1 aromatic carbocycles. The van der Waals surface area contributed by atoms with Crippen molar-refractivity contribution in [2.45, 2.75) is 6.54 Å². The summed E-state index contributed by atoms with van der Waals surface area (Å²) in [6, 6.07) is 9.93. The zero-order valence-corrected chi connectivity index (χ0v) is 11.3. The van der Waals surface area contributed by atoms with E-state index in [-0.39, 0.29) is 0 Å². The lowest BCUT2D eigenvalue weighted by atomic mass is 10.3. The fraction of sp³-hybridized carbons (Fsp3) is 0.143. The van der Waals surface area contributed by atoms with Crippen LogP contribution in [-0.4, -0.2) is 17.1 Å². The number of hydrogen-bond donors (Lipinski definition) is 1. The van der Waals surface area contributed by atoms with Crippen molar-refractivity contribution in [2.75, 3.05) is 12.4 Å². The Hall–Kier alpha value is -2.14. The van der Waals surface area contributed by atoms with Gasteiger partial charge in [0.05, 0.1) is 11.8 Å². The van der Waals surface area contributed by atoms with E-state index < -0.39 is 0 Å². The van der Waals surface area contributed by atoms with Crippen molar-refractivity contribution in [3.05, 3.63) is 48.3 Å². The predicted octanol–water partition coefficient (Wildman–Crippen LogP) is 3.31. The number of aromatic nitrogens is 2. The first-order valence-corrected chi connectivity index (χ1v) is 6.75. The summed E-state index contributed by atoms with van der Waals surface area (Å²) in [4.78, 5) is 8.57. The van der Waals surface area contributed by atoms with E-state index in [9.17, 15) is 0 Å². The number of anilines is 1. The Kier molecular flexibility index (Phi) is 3.29. The van der Waals surface area contributed by atoms with Crippen LogP contribution >= 0.6 is 11.3 Å². The van der Waals surface area contributed by atoms with Crippen LogP contribution in [0.4, 0.5) is 5.13 Å². The predicted molar refractivity (Wildman–Crippen MR) is 77.7 cm³/mol. The van der Waals surface area contributed by atoms with Crippen LogP contribution < -0.4 is 10.1 Å². The molecule has 0 atom stereocenters. The Morgan fingerprint density at radius 1 is 1.21 bits per heavy atom. The third-order valence-corrected chi connectivity index (χ3v) is 3.77. The number of hydrogen-bond acceptors (Lipinski definition) is 5. The lowest BCUT2D eigenvalue weighted by Gasteiger charge is -2.01. The molecule has 2 heterocycles. The van der Waals surface area contributed by atoms with E-state index in [0.717, 1.165) is 27.6 Å². The summed E-state index contributed by atoms with van der Waals surface area (Å²) in [7, 11) is 1.66. The number of methoxy groups -OCH3 is 1. The van der Waals surface area contributed by atoms with Gasteiger partial charge in [0.15, 0.2) is 5.13 Å². The monoisotopic (exact) mass is 271 g/mol. The van der Waals surface area contributed by atoms with E-state index in [1.54, 1.807) is 30.8 Å². The van der Waals surface area contributed by atoms with E-state index in [4.69, 9.17) is 4.74 Å². The van der Waals surface area contributed by atoms with Gasteiger partial charge in [-0.25, -0.2) is 4.98 Å². The van der Waals surface area contributed by atoms with E-state index in [1.165, 1.54) is 5.56 Å². The second-order valence-corrected chi connectivity index (χ2v) is 5.07. The van der Waals surface area contributed by atoms with Crippen LogP contribution in [0.3, 0.4) is 0 Å². The maximum absolute atomic E-state index is 5.31. The minimum atomic E-state index is 0.741. The van der Waals surface area contributed by atoms with Crippen LogP contribution in [0, 0.1) is 0 Å². The minimum Gasteiger partial charge on any atom is -0.494 e. The van der Waals surface area contributed by atoms with Crippen LogP contribution in [0.2, 0.25) is 0 Å². The molecule has 0 fully saturated rings. The van der Waals surface area contributed by atoms with Crippen LogP contribution in [0.5, 0.6) is 5.75 Å². The zero-order chi connectivity index (χ0) is 13.1. The smallest absolute Gasteiger partial charge is 0.184 e. The summed E-state index contributed by atoms with van der Waals surface area (Å²) in [6.45, 7) is 0.741. The first kappa shape index (κ1) is 11.9. The van der Waals surface area contributed by atoms with Crippen LogP contribution in [-0.2, 0) is 6.54 Å². The molecule has 0 aliphatic heterocycles. The van der Waals surface area contributed by atoms with Crippen molar-refractivity contribution in [1.29, 1.82) is 0 Å². The standard InChI is InChI=1S/C14H13N3OS/c1-18-11-3-2-4-12-13(11)17-14(19-12)16-9-10-5-7-15-8-6-10/h2-8H,9H2,1H3,(H,16,17). The molecular formula is C14H13N3OS. The molecule has 0 spiro atoms. The number of rotatable bonds is 4. The highest BCUT2D eigenvalue weighted by atomic mass is 32.1. The average molecular weight is 271 g/mol. The zero-order valence-electron chi connectivity index (χ0n) is 10.5. The van der Waals surface area contributed by atoms with Gasteiger partial charge in [-0.1, -0.05) is 17.4 Å². The normalized spacial score (nSPS) is 10.6. The van der Waals surface area contributed by atoms with Gasteiger partial charge in [0.2, 0.25) is 0 Å². The molecule has 3 rings (SSSR count). The number of nitrogens with one attached hydrogen (secondary N) is 1. The van der Waals surface area contributed by atoms with E-state index in [0.29, 0.717) is 0 Å². The van der Waals surface area contributed by atoms with Crippen molar-refractivity contribution in [3.63, 3.8) is 0 Å². The first-order valence-electron chi connectivity index (χ1n) is 5.93.